The van der Waals surface area contributed by atoms with Crippen LogP contribution in [0.25, 0.3) is 10.8 Å². The third kappa shape index (κ3) is 4.95. The predicted octanol–water partition coefficient (Wildman–Crippen LogP) is 5.08. The van der Waals surface area contributed by atoms with E-state index >= 15 is 0 Å². The van der Waals surface area contributed by atoms with Crippen LogP contribution < -0.4 is 18.9 Å². The Morgan fingerprint density at radius 1 is 0.583 bits per heavy atom. The number of aryl methyl sites for hydroxylation is 2. The van der Waals surface area contributed by atoms with Gasteiger partial charge in [-0.1, -0.05) is 36.4 Å². The van der Waals surface area contributed by atoms with Crippen molar-refractivity contribution in [2.45, 2.75) is 23.6 Å². The molecule has 0 radical (unpaired) electrons. The van der Waals surface area contributed by atoms with Gasteiger partial charge in [0.2, 0.25) is 0 Å². The topological polar surface area (TPSA) is 111 Å². The maximum absolute atomic E-state index is 13.4. The van der Waals surface area contributed by atoms with E-state index in [1.54, 1.807) is 36.4 Å². The molecule has 0 saturated heterocycles. The Labute approximate surface area is 211 Å². The number of fused-ring (bicyclic) bond motifs is 1. The monoisotopic (exact) mass is 526 g/mol. The van der Waals surface area contributed by atoms with Crippen molar-refractivity contribution in [2.24, 2.45) is 0 Å². The van der Waals surface area contributed by atoms with E-state index in [1.165, 1.54) is 38.5 Å². The van der Waals surface area contributed by atoms with Gasteiger partial charge in [-0.3, -0.25) is 9.44 Å². The third-order valence-electron chi connectivity index (χ3n) is 5.62. The van der Waals surface area contributed by atoms with Crippen LogP contribution in [0.2, 0.25) is 0 Å². The number of benzene rings is 4. The zero-order chi connectivity index (χ0) is 26.1. The van der Waals surface area contributed by atoms with E-state index in [0.29, 0.717) is 11.5 Å². The summed E-state index contributed by atoms with van der Waals surface area (Å²) in [6.07, 6.45) is 0. The van der Waals surface area contributed by atoms with Crippen LogP contribution in [-0.2, 0) is 20.0 Å². The van der Waals surface area contributed by atoms with Crippen LogP contribution in [0.4, 0.5) is 11.4 Å². The van der Waals surface area contributed by atoms with Crippen LogP contribution in [0.5, 0.6) is 11.5 Å². The molecule has 10 heteroatoms. The van der Waals surface area contributed by atoms with Crippen LogP contribution in [0.1, 0.15) is 11.1 Å². The van der Waals surface area contributed by atoms with Gasteiger partial charge in [-0.15, -0.1) is 0 Å². The van der Waals surface area contributed by atoms with E-state index < -0.39 is 20.0 Å². The minimum Gasteiger partial charge on any atom is -0.495 e. The fraction of sp³-hybridized carbons (Fsp3) is 0.154. The molecule has 0 aromatic heterocycles. The van der Waals surface area contributed by atoms with Gasteiger partial charge in [0.25, 0.3) is 20.0 Å². The zero-order valence-corrected chi connectivity index (χ0v) is 21.8. The lowest BCUT2D eigenvalue weighted by molar-refractivity contribution is 0.416. The Hall–Kier alpha value is -3.76. The Morgan fingerprint density at radius 3 is 1.33 bits per heavy atom. The van der Waals surface area contributed by atoms with Gasteiger partial charge in [-0.05, 0) is 61.4 Å². The maximum Gasteiger partial charge on any atom is 0.262 e. The highest BCUT2D eigenvalue weighted by atomic mass is 32.2. The summed E-state index contributed by atoms with van der Waals surface area (Å²) in [6, 6.07) is 19.3. The van der Waals surface area contributed by atoms with Crippen molar-refractivity contribution in [1.29, 1.82) is 0 Å². The lowest BCUT2D eigenvalue weighted by atomic mass is 10.1. The third-order valence-corrected chi connectivity index (χ3v) is 8.47. The highest BCUT2D eigenvalue weighted by Crippen LogP contribution is 2.34. The van der Waals surface area contributed by atoms with E-state index in [2.05, 4.69) is 9.44 Å². The van der Waals surface area contributed by atoms with Gasteiger partial charge in [-0.25, -0.2) is 16.8 Å². The first-order valence-corrected chi connectivity index (χ1v) is 13.9. The van der Waals surface area contributed by atoms with E-state index in [4.69, 9.17) is 9.47 Å². The SMILES string of the molecule is COc1ccc(C)cc1NS(=O)(=O)c1cccc2c(S(=O)(=O)Nc3cc(C)ccc3OC)cccc12. The van der Waals surface area contributed by atoms with Crippen molar-refractivity contribution < 1.29 is 26.3 Å². The normalized spacial score (nSPS) is 11.8. The first kappa shape index (κ1) is 25.3. The summed E-state index contributed by atoms with van der Waals surface area (Å²) < 4.78 is 69.4. The lowest BCUT2D eigenvalue weighted by Gasteiger charge is -2.16. The number of hydrogen-bond donors (Lipinski definition) is 2. The van der Waals surface area contributed by atoms with E-state index in [-0.39, 0.29) is 31.9 Å². The quantitative estimate of drug-likeness (QED) is 0.331. The largest absolute Gasteiger partial charge is 0.495 e. The second kappa shape index (κ2) is 9.71. The zero-order valence-electron chi connectivity index (χ0n) is 20.2. The number of ether oxygens (including phenoxy) is 2. The molecule has 8 nitrogen and oxygen atoms in total. The van der Waals surface area contributed by atoms with E-state index in [9.17, 15) is 16.8 Å². The molecule has 0 spiro atoms. The summed E-state index contributed by atoms with van der Waals surface area (Å²) >= 11 is 0. The Balaban J connectivity index is 1.81. The smallest absolute Gasteiger partial charge is 0.262 e. The van der Waals surface area contributed by atoms with Crippen molar-refractivity contribution in [3.05, 3.63) is 83.9 Å². The molecule has 0 unspecified atom stereocenters. The first-order valence-electron chi connectivity index (χ1n) is 10.9. The molecule has 0 fully saturated rings. The van der Waals surface area contributed by atoms with Gasteiger partial charge < -0.3 is 9.47 Å². The molecule has 0 aliphatic rings. The van der Waals surface area contributed by atoms with E-state index in [1.807, 2.05) is 26.0 Å². The van der Waals surface area contributed by atoms with Crippen LogP contribution in [0.15, 0.2) is 82.6 Å². The van der Waals surface area contributed by atoms with Gasteiger partial charge in [0.05, 0.1) is 35.4 Å². The number of methoxy groups -OCH3 is 2. The lowest BCUT2D eigenvalue weighted by Crippen LogP contribution is -2.16. The number of anilines is 2. The Bertz CT molecular complexity index is 1540. The molecule has 2 N–H and O–H groups in total. The predicted molar refractivity (Wildman–Crippen MR) is 141 cm³/mol. The molecule has 0 aliphatic carbocycles. The van der Waals surface area contributed by atoms with Crippen LogP contribution >= 0.6 is 0 Å². The van der Waals surface area contributed by atoms with Crippen molar-refractivity contribution in [2.75, 3.05) is 23.7 Å². The summed E-state index contributed by atoms with van der Waals surface area (Å²) in [5.74, 6) is 0.730. The van der Waals surface area contributed by atoms with Gasteiger partial charge in [0, 0.05) is 10.8 Å². The standard InChI is InChI=1S/C26H26N2O6S2/c1-17-11-13-23(33-3)21(15-17)27-35(29,30)25-9-5-8-20-19(25)7-6-10-26(20)36(31,32)28-22-16-18(2)12-14-24(22)34-4/h5-16,27-28H,1-4H3. The average Bonchev–Trinajstić information content (AvgIpc) is 2.83. The van der Waals surface area contributed by atoms with Crippen LogP contribution in [-0.4, -0.2) is 31.1 Å². The van der Waals surface area contributed by atoms with Crippen molar-refractivity contribution in [3.8, 4) is 11.5 Å². The molecule has 188 valence electrons. The Morgan fingerprint density at radius 2 is 0.972 bits per heavy atom. The molecule has 4 aromatic rings. The molecule has 0 bridgehead atoms. The summed E-state index contributed by atoms with van der Waals surface area (Å²) in [4.78, 5) is -0.123. The molecular weight excluding hydrogens is 500 g/mol. The number of nitrogens with one attached hydrogen (secondary N) is 2. The second-order valence-corrected chi connectivity index (χ2v) is 11.5. The van der Waals surface area contributed by atoms with E-state index in [0.717, 1.165) is 11.1 Å². The Kier molecular flexibility index (Phi) is 6.83. The highest BCUT2D eigenvalue weighted by Gasteiger charge is 2.24. The molecule has 0 aliphatic heterocycles. The molecule has 0 amide bonds. The summed E-state index contributed by atoms with van der Waals surface area (Å²) in [6.45, 7) is 3.67. The van der Waals surface area contributed by atoms with Gasteiger partial charge >= 0.3 is 0 Å². The van der Waals surface area contributed by atoms with Gasteiger partial charge in [-0.2, -0.15) is 0 Å². The fourth-order valence-corrected chi connectivity index (χ4v) is 6.49. The summed E-state index contributed by atoms with van der Waals surface area (Å²) in [7, 11) is -5.28. The number of rotatable bonds is 8. The van der Waals surface area contributed by atoms with Crippen molar-refractivity contribution in [1.82, 2.24) is 0 Å². The molecule has 0 atom stereocenters. The second-order valence-electron chi connectivity index (χ2n) is 8.23. The van der Waals surface area contributed by atoms with Gasteiger partial charge in [0.1, 0.15) is 11.5 Å². The summed E-state index contributed by atoms with van der Waals surface area (Å²) in [5.41, 5.74) is 2.26. The van der Waals surface area contributed by atoms with Crippen molar-refractivity contribution >= 4 is 42.2 Å². The first-order chi connectivity index (χ1) is 17.1. The number of hydrogen-bond acceptors (Lipinski definition) is 6. The highest BCUT2D eigenvalue weighted by molar-refractivity contribution is 7.93. The van der Waals surface area contributed by atoms with Crippen molar-refractivity contribution in [3.63, 3.8) is 0 Å². The van der Waals surface area contributed by atoms with Crippen LogP contribution in [0, 0.1) is 13.8 Å². The summed E-state index contributed by atoms with van der Waals surface area (Å²) in [5, 5.41) is 0.520. The van der Waals surface area contributed by atoms with Crippen LogP contribution in [0.3, 0.4) is 0 Å². The molecule has 4 rings (SSSR count). The molecular formula is C26H26N2O6S2. The van der Waals surface area contributed by atoms with Gasteiger partial charge in [0.15, 0.2) is 0 Å². The average molecular weight is 527 g/mol. The molecule has 36 heavy (non-hydrogen) atoms. The minimum atomic E-state index is -4.09. The molecule has 4 aromatic carbocycles. The molecule has 0 saturated carbocycles. The minimum absolute atomic E-state index is 0.0613. The molecule has 0 heterocycles. The number of sulfonamides is 2. The maximum atomic E-state index is 13.4. The fourth-order valence-electron chi connectivity index (χ4n) is 3.92.